The van der Waals surface area contributed by atoms with Crippen LogP contribution in [0.2, 0.25) is 0 Å². The molecule has 0 atom stereocenters. The quantitative estimate of drug-likeness (QED) is 0.585. The number of ether oxygens (including phenoxy) is 1. The van der Waals surface area contributed by atoms with Crippen LogP contribution >= 0.6 is 0 Å². The molecule has 1 N–H and O–H groups in total. The van der Waals surface area contributed by atoms with Gasteiger partial charge >= 0.3 is 0 Å². The van der Waals surface area contributed by atoms with Crippen molar-refractivity contribution in [2.45, 2.75) is 6.54 Å². The number of hydrogen-bond acceptors (Lipinski definition) is 4. The molecule has 0 saturated carbocycles. The van der Waals surface area contributed by atoms with Crippen molar-refractivity contribution in [2.24, 2.45) is 0 Å². The third-order valence-corrected chi connectivity index (χ3v) is 4.99. The Bertz CT molecular complexity index is 1150. The molecule has 1 aliphatic rings. The molecule has 1 amide bonds. The lowest BCUT2D eigenvalue weighted by Crippen LogP contribution is -2.32. The zero-order valence-electron chi connectivity index (χ0n) is 15.1. The second-order valence-corrected chi connectivity index (χ2v) is 6.77. The van der Waals surface area contributed by atoms with Crippen LogP contribution in [-0.2, 0) is 6.54 Å². The van der Waals surface area contributed by atoms with Gasteiger partial charge in [-0.3, -0.25) is 9.78 Å². The van der Waals surface area contributed by atoms with E-state index in [0.717, 1.165) is 33.5 Å². The van der Waals surface area contributed by atoms with Gasteiger partial charge in [-0.1, -0.05) is 12.1 Å². The second-order valence-electron chi connectivity index (χ2n) is 6.77. The molecule has 28 heavy (non-hydrogen) atoms. The van der Waals surface area contributed by atoms with Gasteiger partial charge in [0.05, 0.1) is 29.5 Å². The molecule has 0 bridgehead atoms. The highest BCUT2D eigenvalue weighted by molar-refractivity contribution is 5.94. The van der Waals surface area contributed by atoms with Crippen LogP contribution in [0.25, 0.3) is 22.2 Å². The number of pyridine rings is 1. The van der Waals surface area contributed by atoms with E-state index in [4.69, 9.17) is 4.74 Å². The minimum Gasteiger partial charge on any atom is -0.491 e. The molecule has 0 spiro atoms. The fourth-order valence-corrected chi connectivity index (χ4v) is 3.53. The lowest BCUT2D eigenvalue weighted by molar-refractivity contribution is 0.0733. The number of fused-ring (bicyclic) bond motifs is 2. The van der Waals surface area contributed by atoms with Gasteiger partial charge in [-0.2, -0.15) is 0 Å². The Morgan fingerprint density at radius 3 is 2.89 bits per heavy atom. The van der Waals surface area contributed by atoms with Crippen molar-refractivity contribution in [1.82, 2.24) is 19.9 Å². The fraction of sp³-hybridized carbons (Fsp3) is 0.136. The molecule has 0 fully saturated rings. The standard InChI is InChI=1S/C22H18N4O2/c27-22(17-2-1-7-23-12-17)26-8-9-28-21-6-4-15(10-18(21)13-26)16-3-5-19-20(11-16)25-14-24-19/h1-7,10-12,14H,8-9,13H2,(H,24,25). The van der Waals surface area contributed by atoms with Crippen molar-refractivity contribution < 1.29 is 9.53 Å². The Balaban J connectivity index is 1.48. The lowest BCUT2D eigenvalue weighted by atomic mass is 10.0. The van der Waals surface area contributed by atoms with Crippen molar-refractivity contribution in [3.05, 3.63) is 78.4 Å². The second kappa shape index (κ2) is 6.81. The Morgan fingerprint density at radius 1 is 1.11 bits per heavy atom. The van der Waals surface area contributed by atoms with E-state index >= 15 is 0 Å². The van der Waals surface area contributed by atoms with Crippen LogP contribution in [0.1, 0.15) is 15.9 Å². The summed E-state index contributed by atoms with van der Waals surface area (Å²) in [5.74, 6) is 0.793. The molecule has 2 aromatic carbocycles. The topological polar surface area (TPSA) is 71.1 Å². The van der Waals surface area contributed by atoms with Crippen molar-refractivity contribution in [2.75, 3.05) is 13.2 Å². The Morgan fingerprint density at radius 2 is 2.00 bits per heavy atom. The fourth-order valence-electron chi connectivity index (χ4n) is 3.53. The van der Waals surface area contributed by atoms with Crippen molar-refractivity contribution in [3.8, 4) is 16.9 Å². The van der Waals surface area contributed by atoms with Crippen LogP contribution < -0.4 is 4.74 Å². The molecule has 0 radical (unpaired) electrons. The smallest absolute Gasteiger partial charge is 0.255 e. The van der Waals surface area contributed by atoms with Gasteiger partial charge in [-0.25, -0.2) is 4.98 Å². The molecule has 0 aliphatic carbocycles. The molecule has 2 aromatic heterocycles. The number of benzene rings is 2. The molecule has 5 rings (SSSR count). The molecule has 6 nitrogen and oxygen atoms in total. The highest BCUT2D eigenvalue weighted by atomic mass is 16.5. The predicted molar refractivity (Wildman–Crippen MR) is 106 cm³/mol. The minimum absolute atomic E-state index is 0.0335. The average molecular weight is 370 g/mol. The Labute approximate surface area is 161 Å². The van der Waals surface area contributed by atoms with Gasteiger partial charge < -0.3 is 14.6 Å². The summed E-state index contributed by atoms with van der Waals surface area (Å²) in [6.07, 6.45) is 4.96. The van der Waals surface area contributed by atoms with Gasteiger partial charge in [-0.05, 0) is 47.5 Å². The highest BCUT2D eigenvalue weighted by Gasteiger charge is 2.21. The molecule has 0 unspecified atom stereocenters. The van der Waals surface area contributed by atoms with Gasteiger partial charge in [0.15, 0.2) is 0 Å². The highest BCUT2D eigenvalue weighted by Crippen LogP contribution is 2.30. The minimum atomic E-state index is -0.0335. The molecular formula is C22H18N4O2. The summed E-state index contributed by atoms with van der Waals surface area (Å²) in [7, 11) is 0. The molecule has 3 heterocycles. The van der Waals surface area contributed by atoms with E-state index in [9.17, 15) is 4.79 Å². The number of amides is 1. The molecule has 4 aromatic rings. The van der Waals surface area contributed by atoms with Crippen LogP contribution in [0.3, 0.4) is 0 Å². The molecule has 1 aliphatic heterocycles. The number of hydrogen-bond donors (Lipinski definition) is 1. The maximum absolute atomic E-state index is 12.9. The van der Waals surface area contributed by atoms with Crippen molar-refractivity contribution in [1.29, 1.82) is 0 Å². The number of imidazole rings is 1. The number of H-pyrrole nitrogens is 1. The maximum Gasteiger partial charge on any atom is 0.255 e. The first-order valence-corrected chi connectivity index (χ1v) is 9.16. The van der Waals surface area contributed by atoms with E-state index in [2.05, 4.69) is 39.2 Å². The Hall–Kier alpha value is -3.67. The van der Waals surface area contributed by atoms with E-state index in [1.54, 1.807) is 30.9 Å². The first-order valence-electron chi connectivity index (χ1n) is 9.16. The summed E-state index contributed by atoms with van der Waals surface area (Å²) < 4.78 is 5.89. The number of carbonyl (C=O) groups is 1. The van der Waals surface area contributed by atoms with Crippen LogP contribution in [0.4, 0.5) is 0 Å². The van der Waals surface area contributed by atoms with Gasteiger partial charge in [-0.15, -0.1) is 0 Å². The summed E-state index contributed by atoms with van der Waals surface area (Å²) >= 11 is 0. The first kappa shape index (κ1) is 16.5. The van der Waals surface area contributed by atoms with Crippen molar-refractivity contribution in [3.63, 3.8) is 0 Å². The summed E-state index contributed by atoms with van der Waals surface area (Å²) in [5.41, 5.74) is 5.69. The average Bonchev–Trinajstić information content (AvgIpc) is 3.11. The third kappa shape index (κ3) is 2.99. The number of nitrogens with one attached hydrogen (secondary N) is 1. The summed E-state index contributed by atoms with van der Waals surface area (Å²) in [4.78, 5) is 26.1. The van der Waals surface area contributed by atoms with Crippen LogP contribution in [0.5, 0.6) is 5.75 Å². The van der Waals surface area contributed by atoms with E-state index in [1.165, 1.54) is 0 Å². The van der Waals surface area contributed by atoms with Crippen LogP contribution in [-0.4, -0.2) is 38.9 Å². The van der Waals surface area contributed by atoms with E-state index < -0.39 is 0 Å². The zero-order valence-corrected chi connectivity index (χ0v) is 15.1. The predicted octanol–water partition coefficient (Wildman–Crippen LogP) is 3.66. The molecule has 6 heteroatoms. The maximum atomic E-state index is 12.9. The largest absolute Gasteiger partial charge is 0.491 e. The van der Waals surface area contributed by atoms with Gasteiger partial charge in [0.25, 0.3) is 5.91 Å². The summed E-state index contributed by atoms with van der Waals surface area (Å²) in [5, 5.41) is 0. The summed E-state index contributed by atoms with van der Waals surface area (Å²) in [6, 6.07) is 15.8. The zero-order chi connectivity index (χ0) is 18.9. The monoisotopic (exact) mass is 370 g/mol. The molecule has 0 saturated heterocycles. The van der Waals surface area contributed by atoms with Gasteiger partial charge in [0.1, 0.15) is 12.4 Å². The van der Waals surface area contributed by atoms with E-state index in [-0.39, 0.29) is 5.91 Å². The number of aromatic amines is 1. The molecular weight excluding hydrogens is 352 g/mol. The Kier molecular flexibility index (Phi) is 4.01. The van der Waals surface area contributed by atoms with E-state index in [0.29, 0.717) is 25.3 Å². The van der Waals surface area contributed by atoms with E-state index in [1.807, 2.05) is 17.0 Å². The number of rotatable bonds is 2. The SMILES string of the molecule is O=C(c1cccnc1)N1CCOc2ccc(-c3ccc4nc[nH]c4c3)cc2C1. The van der Waals surface area contributed by atoms with Crippen molar-refractivity contribution >= 4 is 16.9 Å². The third-order valence-electron chi connectivity index (χ3n) is 4.99. The normalized spacial score (nSPS) is 13.6. The van der Waals surface area contributed by atoms with Crippen LogP contribution in [0, 0.1) is 0 Å². The number of aromatic nitrogens is 3. The summed E-state index contributed by atoms with van der Waals surface area (Å²) in [6.45, 7) is 1.51. The lowest BCUT2D eigenvalue weighted by Gasteiger charge is -2.20. The van der Waals surface area contributed by atoms with Gasteiger partial charge in [0, 0.05) is 24.5 Å². The first-order chi connectivity index (χ1) is 13.8. The molecule has 138 valence electrons. The van der Waals surface area contributed by atoms with Gasteiger partial charge in [0.2, 0.25) is 0 Å². The number of nitrogens with zero attached hydrogens (tertiary/aromatic N) is 3. The number of carbonyl (C=O) groups excluding carboxylic acids is 1. The van der Waals surface area contributed by atoms with Crippen LogP contribution in [0.15, 0.2) is 67.3 Å².